The Labute approximate surface area is 212 Å². The fraction of sp³-hybridized carbons (Fsp3) is 0.320. The molecule has 0 N–H and O–H groups in total. The molecule has 0 radical (unpaired) electrons. The van der Waals surface area contributed by atoms with Gasteiger partial charge < -0.3 is 4.90 Å². The van der Waals surface area contributed by atoms with Crippen molar-refractivity contribution in [1.29, 1.82) is 0 Å². The van der Waals surface area contributed by atoms with E-state index in [1.807, 2.05) is 47.8 Å². The Morgan fingerprint density at radius 1 is 1.06 bits per heavy atom. The van der Waals surface area contributed by atoms with Crippen LogP contribution >= 0.6 is 23.2 Å². The normalized spacial score (nSPS) is 19.0. The summed E-state index contributed by atoms with van der Waals surface area (Å²) >= 11 is 12.6. The maximum atomic E-state index is 14.1. The number of piperidine rings is 1. The molecule has 0 spiro atoms. The van der Waals surface area contributed by atoms with Crippen LogP contribution in [0.4, 0.5) is 0 Å². The van der Waals surface area contributed by atoms with Crippen LogP contribution in [0.15, 0.2) is 42.7 Å². The Hall–Kier alpha value is -3.23. The lowest BCUT2D eigenvalue weighted by Crippen LogP contribution is -2.50. The van der Waals surface area contributed by atoms with Crippen LogP contribution < -0.4 is 0 Å². The highest BCUT2D eigenvalue weighted by Gasteiger charge is 2.44. The predicted molar refractivity (Wildman–Crippen MR) is 133 cm³/mol. The molecule has 0 aliphatic carbocycles. The summed E-state index contributed by atoms with van der Waals surface area (Å²) in [7, 11) is 1.93. The average Bonchev–Trinajstić information content (AvgIpc) is 3.45. The van der Waals surface area contributed by atoms with Gasteiger partial charge in [-0.3, -0.25) is 9.48 Å². The van der Waals surface area contributed by atoms with E-state index in [0.717, 1.165) is 47.5 Å². The van der Waals surface area contributed by atoms with Crippen LogP contribution in [0.2, 0.25) is 10.0 Å². The molecule has 1 fully saturated rings. The summed E-state index contributed by atoms with van der Waals surface area (Å²) in [4.78, 5) is 22.1. The third-order valence-corrected chi connectivity index (χ3v) is 7.33. The molecule has 1 saturated heterocycles. The SMILES string of the molecule is Cc1ccc(-n2nccn2)c(C(=O)N2[C@@H]3CCC[C@@H]2c2nn(C)c(-c4cc(Cl)cc(Cl)c4)c2C3)n1. The van der Waals surface area contributed by atoms with E-state index < -0.39 is 0 Å². The molecule has 0 saturated carbocycles. The van der Waals surface area contributed by atoms with Gasteiger partial charge in [-0.25, -0.2) is 4.98 Å². The molecule has 8 nitrogen and oxygen atoms in total. The molecule has 35 heavy (non-hydrogen) atoms. The van der Waals surface area contributed by atoms with Gasteiger partial charge in [0.15, 0.2) is 5.69 Å². The van der Waals surface area contributed by atoms with E-state index >= 15 is 0 Å². The summed E-state index contributed by atoms with van der Waals surface area (Å²) in [5, 5.41) is 14.5. The number of fused-ring (bicyclic) bond motifs is 4. The van der Waals surface area contributed by atoms with Crippen LogP contribution in [-0.2, 0) is 13.5 Å². The van der Waals surface area contributed by atoms with Gasteiger partial charge in [0, 0.05) is 40.0 Å². The number of benzene rings is 1. The molecular weight excluding hydrogens is 485 g/mol. The zero-order valence-corrected chi connectivity index (χ0v) is 20.8. The first kappa shape index (κ1) is 22.2. The monoisotopic (exact) mass is 507 g/mol. The van der Waals surface area contributed by atoms with Crippen molar-refractivity contribution in [2.45, 2.75) is 44.7 Å². The number of rotatable bonds is 3. The fourth-order valence-electron chi connectivity index (χ4n) is 5.53. The maximum Gasteiger partial charge on any atom is 0.275 e. The lowest BCUT2D eigenvalue weighted by molar-refractivity contribution is 0.0385. The van der Waals surface area contributed by atoms with Crippen LogP contribution in [-0.4, -0.2) is 46.6 Å². The quantitative estimate of drug-likeness (QED) is 0.390. The minimum Gasteiger partial charge on any atom is -0.325 e. The maximum absolute atomic E-state index is 14.1. The van der Waals surface area contributed by atoms with Gasteiger partial charge in [-0.1, -0.05) is 23.2 Å². The number of aromatic nitrogens is 6. The molecule has 178 valence electrons. The highest BCUT2D eigenvalue weighted by atomic mass is 35.5. The molecule has 3 aromatic heterocycles. The lowest BCUT2D eigenvalue weighted by Gasteiger charge is -2.45. The molecule has 2 aliphatic heterocycles. The zero-order chi connectivity index (χ0) is 24.3. The third-order valence-electron chi connectivity index (χ3n) is 6.90. The van der Waals surface area contributed by atoms with Crippen LogP contribution in [0.1, 0.15) is 52.7 Å². The molecular formula is C25H23Cl2N7O. The van der Waals surface area contributed by atoms with Gasteiger partial charge in [-0.15, -0.1) is 4.80 Å². The minimum absolute atomic E-state index is 0.0482. The molecule has 2 aliphatic rings. The van der Waals surface area contributed by atoms with E-state index in [0.29, 0.717) is 27.8 Å². The fourth-order valence-corrected chi connectivity index (χ4v) is 6.06. The molecule has 1 aromatic carbocycles. The van der Waals surface area contributed by atoms with Gasteiger partial charge in [0.2, 0.25) is 0 Å². The zero-order valence-electron chi connectivity index (χ0n) is 19.3. The Bertz CT molecular complexity index is 1430. The molecule has 6 rings (SSSR count). The molecule has 2 bridgehead atoms. The van der Waals surface area contributed by atoms with E-state index in [4.69, 9.17) is 28.3 Å². The van der Waals surface area contributed by atoms with Crippen LogP contribution in [0, 0.1) is 6.92 Å². The first-order valence-corrected chi connectivity index (χ1v) is 12.4. The molecule has 5 heterocycles. The standard InChI is InChI=1S/C25H23Cl2N7O/c1-14-6-7-21(34-28-8-9-29-34)23(30-14)25(35)33-18-4-3-5-20(33)22-19(13-18)24(32(2)31-22)15-10-16(26)12-17(27)11-15/h6-12,18,20H,3-5,13H2,1-2H3/t18-,20-/m1/s1. The summed E-state index contributed by atoms with van der Waals surface area (Å²) in [5.74, 6) is -0.112. The van der Waals surface area contributed by atoms with Crippen LogP contribution in [0.5, 0.6) is 0 Å². The Morgan fingerprint density at radius 3 is 2.54 bits per heavy atom. The Balaban J connectivity index is 1.45. The van der Waals surface area contributed by atoms with Crippen molar-refractivity contribution in [2.24, 2.45) is 7.05 Å². The van der Waals surface area contributed by atoms with Crippen molar-refractivity contribution >= 4 is 29.1 Å². The molecule has 4 aromatic rings. The van der Waals surface area contributed by atoms with Crippen molar-refractivity contribution in [3.05, 3.63) is 75.4 Å². The average molecular weight is 508 g/mol. The topological polar surface area (TPSA) is 81.7 Å². The second-order valence-electron chi connectivity index (χ2n) is 9.15. The van der Waals surface area contributed by atoms with E-state index in [9.17, 15) is 4.79 Å². The summed E-state index contributed by atoms with van der Waals surface area (Å²) in [5.41, 5.74) is 5.74. The van der Waals surface area contributed by atoms with Crippen molar-refractivity contribution in [3.63, 3.8) is 0 Å². The highest BCUT2D eigenvalue weighted by Crippen LogP contribution is 2.45. The Kier molecular flexibility index (Phi) is 5.38. The van der Waals surface area contributed by atoms with Gasteiger partial charge >= 0.3 is 0 Å². The van der Waals surface area contributed by atoms with Crippen LogP contribution in [0.3, 0.4) is 0 Å². The molecule has 0 unspecified atom stereocenters. The second-order valence-corrected chi connectivity index (χ2v) is 10.0. The lowest BCUT2D eigenvalue weighted by atomic mass is 9.81. The highest BCUT2D eigenvalue weighted by molar-refractivity contribution is 6.35. The first-order chi connectivity index (χ1) is 16.9. The second kappa shape index (κ2) is 8.46. The minimum atomic E-state index is -0.125. The van der Waals surface area contributed by atoms with Crippen molar-refractivity contribution in [2.75, 3.05) is 0 Å². The summed E-state index contributed by atoms with van der Waals surface area (Å²) < 4.78 is 1.89. The predicted octanol–water partition coefficient (Wildman–Crippen LogP) is 4.97. The summed E-state index contributed by atoms with van der Waals surface area (Å²) in [6.07, 6.45) is 6.71. The number of carbonyl (C=O) groups excluding carboxylic acids is 1. The number of aryl methyl sites for hydroxylation is 2. The van der Waals surface area contributed by atoms with Crippen molar-refractivity contribution in [1.82, 2.24) is 34.7 Å². The largest absolute Gasteiger partial charge is 0.325 e. The van der Waals surface area contributed by atoms with Gasteiger partial charge in [0.25, 0.3) is 5.91 Å². The number of hydrogen-bond donors (Lipinski definition) is 0. The van der Waals surface area contributed by atoms with Gasteiger partial charge in [0.1, 0.15) is 5.69 Å². The van der Waals surface area contributed by atoms with E-state index in [2.05, 4.69) is 15.2 Å². The number of pyridine rings is 1. The van der Waals surface area contributed by atoms with E-state index in [1.54, 1.807) is 18.5 Å². The number of nitrogens with zero attached hydrogens (tertiary/aromatic N) is 7. The number of halogens is 2. The van der Waals surface area contributed by atoms with E-state index in [-0.39, 0.29) is 18.0 Å². The van der Waals surface area contributed by atoms with Crippen LogP contribution in [0.25, 0.3) is 16.9 Å². The van der Waals surface area contributed by atoms with Gasteiger partial charge in [-0.05, 0) is 62.9 Å². The first-order valence-electron chi connectivity index (χ1n) is 11.6. The molecule has 1 amide bonds. The number of carbonyl (C=O) groups is 1. The Morgan fingerprint density at radius 2 is 1.80 bits per heavy atom. The third kappa shape index (κ3) is 3.72. The van der Waals surface area contributed by atoms with Crippen molar-refractivity contribution < 1.29 is 4.79 Å². The summed E-state index contributed by atoms with van der Waals surface area (Å²) in [6, 6.07) is 9.20. The summed E-state index contributed by atoms with van der Waals surface area (Å²) in [6.45, 7) is 1.88. The number of amides is 1. The smallest absolute Gasteiger partial charge is 0.275 e. The van der Waals surface area contributed by atoms with Gasteiger partial charge in [0.05, 0.1) is 29.8 Å². The molecule has 10 heteroatoms. The number of hydrogen-bond acceptors (Lipinski definition) is 5. The van der Waals surface area contributed by atoms with Gasteiger partial charge in [-0.2, -0.15) is 15.3 Å². The molecule has 2 atom stereocenters. The van der Waals surface area contributed by atoms with E-state index in [1.165, 1.54) is 4.80 Å². The van der Waals surface area contributed by atoms with Crippen molar-refractivity contribution in [3.8, 4) is 16.9 Å².